The number of esters is 1. The maximum Gasteiger partial charge on any atom is 0.340 e. The second-order valence-corrected chi connectivity index (χ2v) is 5.05. The standard InChI is InChI=1S/C17H16ClNO3/c1-2-22-17(21)14-5-3-4-6-15(14)19-16(20)11-12-7-9-13(18)10-8-12/h3-10H,2,11H2,1H3,(H,19,20). The SMILES string of the molecule is CCOC(=O)c1ccccc1NC(=O)Cc1ccc(Cl)cc1. The lowest BCUT2D eigenvalue weighted by Crippen LogP contribution is -2.17. The van der Waals surface area contributed by atoms with Gasteiger partial charge in [0.1, 0.15) is 0 Å². The Kier molecular flexibility index (Phi) is 5.55. The summed E-state index contributed by atoms with van der Waals surface area (Å²) in [7, 11) is 0. The topological polar surface area (TPSA) is 55.4 Å². The first kappa shape index (κ1) is 16.0. The van der Waals surface area contributed by atoms with Gasteiger partial charge in [0.25, 0.3) is 0 Å². The van der Waals surface area contributed by atoms with Crippen LogP contribution in [-0.4, -0.2) is 18.5 Å². The maximum atomic E-state index is 12.1. The van der Waals surface area contributed by atoms with Crippen molar-refractivity contribution in [3.8, 4) is 0 Å². The third kappa shape index (κ3) is 4.33. The molecule has 0 heterocycles. The van der Waals surface area contributed by atoms with Crippen molar-refractivity contribution in [1.29, 1.82) is 0 Å². The number of halogens is 1. The molecule has 0 saturated heterocycles. The number of amides is 1. The zero-order valence-corrected chi connectivity index (χ0v) is 12.9. The molecule has 22 heavy (non-hydrogen) atoms. The molecule has 0 spiro atoms. The molecule has 0 radical (unpaired) electrons. The average Bonchev–Trinajstić information content (AvgIpc) is 2.50. The molecule has 1 amide bonds. The fraction of sp³-hybridized carbons (Fsp3) is 0.176. The number of rotatable bonds is 5. The fourth-order valence-corrected chi connectivity index (χ4v) is 2.09. The van der Waals surface area contributed by atoms with Crippen LogP contribution in [0.25, 0.3) is 0 Å². The number of anilines is 1. The normalized spacial score (nSPS) is 10.1. The van der Waals surface area contributed by atoms with E-state index in [2.05, 4.69) is 5.32 Å². The second-order valence-electron chi connectivity index (χ2n) is 4.62. The first-order valence-corrected chi connectivity index (χ1v) is 7.28. The van der Waals surface area contributed by atoms with Crippen molar-refractivity contribution in [3.63, 3.8) is 0 Å². The summed E-state index contributed by atoms with van der Waals surface area (Å²) in [6, 6.07) is 13.8. The van der Waals surface area contributed by atoms with E-state index in [9.17, 15) is 9.59 Å². The number of nitrogens with one attached hydrogen (secondary N) is 1. The van der Waals surface area contributed by atoms with E-state index in [1.54, 1.807) is 55.5 Å². The van der Waals surface area contributed by atoms with E-state index in [0.29, 0.717) is 16.3 Å². The van der Waals surface area contributed by atoms with Gasteiger partial charge in [-0.2, -0.15) is 0 Å². The van der Waals surface area contributed by atoms with Crippen LogP contribution in [0, 0.1) is 0 Å². The van der Waals surface area contributed by atoms with Crippen molar-refractivity contribution in [2.45, 2.75) is 13.3 Å². The number of para-hydroxylation sites is 1. The molecule has 0 fully saturated rings. The number of benzene rings is 2. The highest BCUT2D eigenvalue weighted by Gasteiger charge is 2.14. The predicted molar refractivity (Wildman–Crippen MR) is 86.2 cm³/mol. The fourth-order valence-electron chi connectivity index (χ4n) is 1.96. The van der Waals surface area contributed by atoms with Gasteiger partial charge in [-0.1, -0.05) is 35.9 Å². The van der Waals surface area contributed by atoms with E-state index in [4.69, 9.17) is 16.3 Å². The quantitative estimate of drug-likeness (QED) is 0.855. The van der Waals surface area contributed by atoms with Gasteiger partial charge in [-0.15, -0.1) is 0 Å². The Bertz CT molecular complexity index is 668. The molecule has 0 saturated carbocycles. The summed E-state index contributed by atoms with van der Waals surface area (Å²) in [5.74, 6) is -0.663. The number of hydrogen-bond acceptors (Lipinski definition) is 3. The van der Waals surface area contributed by atoms with Crippen LogP contribution in [-0.2, 0) is 16.0 Å². The number of hydrogen-bond donors (Lipinski definition) is 1. The van der Waals surface area contributed by atoms with Gasteiger partial charge in [0.15, 0.2) is 0 Å². The van der Waals surface area contributed by atoms with Crippen molar-refractivity contribution in [2.24, 2.45) is 0 Å². The third-order valence-corrected chi connectivity index (χ3v) is 3.23. The minimum atomic E-state index is -0.454. The van der Waals surface area contributed by atoms with E-state index in [1.807, 2.05) is 0 Å². The molecular weight excluding hydrogens is 302 g/mol. The van der Waals surface area contributed by atoms with Crippen molar-refractivity contribution >= 4 is 29.2 Å². The van der Waals surface area contributed by atoms with Crippen molar-refractivity contribution in [1.82, 2.24) is 0 Å². The van der Waals surface area contributed by atoms with Crippen molar-refractivity contribution in [2.75, 3.05) is 11.9 Å². The summed E-state index contributed by atoms with van der Waals surface area (Å²) in [6.07, 6.45) is 0.203. The van der Waals surface area contributed by atoms with Crippen LogP contribution in [0.5, 0.6) is 0 Å². The van der Waals surface area contributed by atoms with Crippen LogP contribution in [0.2, 0.25) is 5.02 Å². The Balaban J connectivity index is 2.08. The molecule has 2 aromatic carbocycles. The molecule has 4 nitrogen and oxygen atoms in total. The van der Waals surface area contributed by atoms with Crippen LogP contribution in [0.1, 0.15) is 22.8 Å². The Morgan fingerprint density at radius 2 is 1.77 bits per heavy atom. The second kappa shape index (κ2) is 7.61. The molecule has 1 N–H and O–H groups in total. The summed E-state index contributed by atoms with van der Waals surface area (Å²) in [4.78, 5) is 24.0. The summed E-state index contributed by atoms with van der Waals surface area (Å²) >= 11 is 5.81. The monoisotopic (exact) mass is 317 g/mol. The van der Waals surface area contributed by atoms with Gasteiger partial charge in [0.05, 0.1) is 24.3 Å². The zero-order valence-electron chi connectivity index (χ0n) is 12.1. The highest BCUT2D eigenvalue weighted by Crippen LogP contribution is 2.17. The van der Waals surface area contributed by atoms with Gasteiger partial charge in [-0.3, -0.25) is 4.79 Å². The van der Waals surface area contributed by atoms with Gasteiger partial charge in [0.2, 0.25) is 5.91 Å². The molecule has 2 aromatic rings. The Morgan fingerprint density at radius 1 is 1.09 bits per heavy atom. The average molecular weight is 318 g/mol. The van der Waals surface area contributed by atoms with E-state index >= 15 is 0 Å². The summed E-state index contributed by atoms with van der Waals surface area (Å²) < 4.78 is 4.98. The summed E-state index contributed by atoms with van der Waals surface area (Å²) in [5.41, 5.74) is 1.63. The third-order valence-electron chi connectivity index (χ3n) is 2.97. The van der Waals surface area contributed by atoms with E-state index in [1.165, 1.54) is 0 Å². The number of carbonyl (C=O) groups is 2. The molecule has 0 aliphatic rings. The van der Waals surface area contributed by atoms with Gasteiger partial charge in [0, 0.05) is 5.02 Å². The summed E-state index contributed by atoms with van der Waals surface area (Å²) in [6.45, 7) is 2.02. The molecule has 114 valence electrons. The lowest BCUT2D eigenvalue weighted by molar-refractivity contribution is -0.115. The molecular formula is C17H16ClNO3. The molecule has 0 aliphatic carbocycles. The lowest BCUT2D eigenvalue weighted by Gasteiger charge is -2.10. The van der Waals surface area contributed by atoms with Crippen LogP contribution in [0.4, 0.5) is 5.69 Å². The minimum Gasteiger partial charge on any atom is -0.462 e. The largest absolute Gasteiger partial charge is 0.462 e. The van der Waals surface area contributed by atoms with E-state index in [0.717, 1.165) is 5.56 Å². The van der Waals surface area contributed by atoms with Crippen LogP contribution in [0.3, 0.4) is 0 Å². The molecule has 0 atom stereocenters. The van der Waals surface area contributed by atoms with Gasteiger partial charge in [-0.25, -0.2) is 4.79 Å². The van der Waals surface area contributed by atoms with Gasteiger partial charge < -0.3 is 10.1 Å². The molecule has 0 unspecified atom stereocenters. The number of carbonyl (C=O) groups excluding carboxylic acids is 2. The Morgan fingerprint density at radius 3 is 2.45 bits per heavy atom. The Labute approximate surface area is 134 Å². The predicted octanol–water partition coefficient (Wildman–Crippen LogP) is 3.70. The molecule has 0 bridgehead atoms. The molecule has 2 rings (SSSR count). The van der Waals surface area contributed by atoms with Crippen LogP contribution >= 0.6 is 11.6 Å². The highest BCUT2D eigenvalue weighted by atomic mass is 35.5. The molecule has 0 aromatic heterocycles. The summed E-state index contributed by atoms with van der Waals surface area (Å²) in [5, 5.41) is 3.36. The first-order chi connectivity index (χ1) is 10.6. The zero-order chi connectivity index (χ0) is 15.9. The first-order valence-electron chi connectivity index (χ1n) is 6.90. The highest BCUT2D eigenvalue weighted by molar-refractivity contribution is 6.30. The van der Waals surface area contributed by atoms with E-state index < -0.39 is 5.97 Å². The van der Waals surface area contributed by atoms with Gasteiger partial charge in [-0.05, 0) is 36.8 Å². The van der Waals surface area contributed by atoms with E-state index in [-0.39, 0.29) is 18.9 Å². The minimum absolute atomic E-state index is 0.203. The lowest BCUT2D eigenvalue weighted by atomic mass is 10.1. The molecule has 5 heteroatoms. The smallest absolute Gasteiger partial charge is 0.340 e. The Hall–Kier alpha value is -2.33. The number of ether oxygens (including phenoxy) is 1. The van der Waals surface area contributed by atoms with Crippen molar-refractivity contribution in [3.05, 3.63) is 64.7 Å². The van der Waals surface area contributed by atoms with Crippen LogP contribution in [0.15, 0.2) is 48.5 Å². The van der Waals surface area contributed by atoms with Crippen molar-refractivity contribution < 1.29 is 14.3 Å². The van der Waals surface area contributed by atoms with Gasteiger partial charge >= 0.3 is 5.97 Å². The van der Waals surface area contributed by atoms with Crippen LogP contribution < -0.4 is 5.32 Å². The molecule has 0 aliphatic heterocycles. The maximum absolute atomic E-state index is 12.1.